The van der Waals surface area contributed by atoms with Gasteiger partial charge in [-0.1, -0.05) is 186 Å². The van der Waals surface area contributed by atoms with E-state index in [0.717, 1.165) is 17.3 Å². The fourth-order valence-electron chi connectivity index (χ4n) is 19.5. The molecule has 0 aromatic heterocycles. The Morgan fingerprint density at radius 2 is 0.549 bits per heavy atom. The molecule has 3 fully saturated rings. The second kappa shape index (κ2) is 17.6. The maximum Gasteiger partial charge on any atom is 0.0263 e. The smallest absolute Gasteiger partial charge is 0.0263 e. The minimum absolute atomic E-state index is 0.142. The zero-order valence-corrected chi connectivity index (χ0v) is 48.2. The van der Waals surface area contributed by atoms with E-state index in [1.165, 1.54) is 25.8 Å². The Morgan fingerprint density at radius 1 is 0.310 bits per heavy atom. The van der Waals surface area contributed by atoms with Crippen molar-refractivity contribution in [1.82, 2.24) is 0 Å². The van der Waals surface area contributed by atoms with Crippen molar-refractivity contribution in [2.45, 2.75) is 146 Å². The molecule has 0 heterocycles. The van der Waals surface area contributed by atoms with Gasteiger partial charge in [-0.2, -0.15) is 0 Å². The molecule has 372 valence electrons. The topological polar surface area (TPSA) is 0 Å². The predicted molar refractivity (Wildman–Crippen MR) is 308 cm³/mol. The zero-order chi connectivity index (χ0) is 50.3. The monoisotopic (exact) mass is 995 g/mol. The molecular weight excluding hydrogens is 913 g/mol. The molecule has 0 bridgehead atoms. The number of allylic oxidation sites excluding steroid dienone is 4. The summed E-state index contributed by atoms with van der Waals surface area (Å²) in [6.45, 7) is 39.0. The highest BCUT2D eigenvalue weighted by molar-refractivity contribution is 7.99. The van der Waals surface area contributed by atoms with Gasteiger partial charge in [0, 0.05) is 47.7 Å². The van der Waals surface area contributed by atoms with E-state index in [9.17, 15) is 0 Å². The largest absolute Gasteiger partial charge is 0.126 e. The fourth-order valence-corrected chi connectivity index (χ4v) is 21.4. The molecule has 6 unspecified atom stereocenters. The van der Waals surface area contributed by atoms with Gasteiger partial charge >= 0.3 is 0 Å². The van der Waals surface area contributed by atoms with Crippen molar-refractivity contribution in [2.24, 2.45) is 65.1 Å². The third-order valence-electron chi connectivity index (χ3n) is 22.6. The van der Waals surface area contributed by atoms with E-state index in [2.05, 4.69) is 225 Å². The van der Waals surface area contributed by atoms with Crippen molar-refractivity contribution in [3.8, 4) is 0 Å². The summed E-state index contributed by atoms with van der Waals surface area (Å²) in [7, 11) is 0. The van der Waals surface area contributed by atoms with Crippen LogP contribution in [0.4, 0.5) is 0 Å². The zero-order valence-electron chi connectivity index (χ0n) is 45.7. The number of hydrogen-bond donors (Lipinski definition) is 0. The van der Waals surface area contributed by atoms with Crippen molar-refractivity contribution < 1.29 is 0 Å². The molecule has 0 saturated heterocycles. The van der Waals surface area contributed by atoms with Gasteiger partial charge in [-0.25, -0.2) is 0 Å². The van der Waals surface area contributed by atoms with Gasteiger partial charge in [0.1, 0.15) is 0 Å². The van der Waals surface area contributed by atoms with Crippen LogP contribution in [0.5, 0.6) is 0 Å². The summed E-state index contributed by atoms with van der Waals surface area (Å²) in [5.41, 5.74) is 16.8. The van der Waals surface area contributed by atoms with Gasteiger partial charge in [-0.15, -0.1) is 35.3 Å². The maximum absolute atomic E-state index is 2.76. The van der Waals surface area contributed by atoms with E-state index in [-0.39, 0.29) is 33.0 Å². The molecule has 6 aliphatic rings. The molecule has 0 aliphatic heterocycles. The van der Waals surface area contributed by atoms with E-state index in [1.54, 1.807) is 39.0 Å². The number of hydrogen-bond acceptors (Lipinski definition) is 3. The molecule has 3 heteroatoms. The van der Waals surface area contributed by atoms with E-state index in [4.69, 9.17) is 0 Å². The summed E-state index contributed by atoms with van der Waals surface area (Å²) in [4.78, 5) is 4.17. The van der Waals surface area contributed by atoms with Crippen LogP contribution >= 0.6 is 35.3 Å². The van der Waals surface area contributed by atoms with Crippen LogP contribution in [0.1, 0.15) is 129 Å². The lowest BCUT2D eigenvalue weighted by molar-refractivity contribution is -0.0728. The second-order valence-electron chi connectivity index (χ2n) is 23.9. The van der Waals surface area contributed by atoms with Crippen molar-refractivity contribution in [3.63, 3.8) is 0 Å². The van der Waals surface area contributed by atoms with Gasteiger partial charge in [0.15, 0.2) is 0 Å². The summed E-state index contributed by atoms with van der Waals surface area (Å²) >= 11 is 5.96. The van der Waals surface area contributed by atoms with E-state index in [1.807, 2.05) is 46.4 Å². The first-order valence-electron chi connectivity index (χ1n) is 27.9. The van der Waals surface area contributed by atoms with Crippen LogP contribution in [-0.4, -0.2) is 17.3 Å². The Balaban J connectivity index is 1.41. The average Bonchev–Trinajstić information content (AvgIpc) is 3.74. The first-order valence-corrected chi connectivity index (χ1v) is 30.9. The maximum atomic E-state index is 2.76. The van der Waals surface area contributed by atoms with Crippen molar-refractivity contribution >= 4 is 35.3 Å². The van der Waals surface area contributed by atoms with Crippen LogP contribution in [-0.2, 0) is 27.1 Å². The molecule has 0 radical (unpaired) electrons. The van der Waals surface area contributed by atoms with E-state index < -0.39 is 0 Å². The highest BCUT2D eigenvalue weighted by Crippen LogP contribution is 2.86. The number of aryl methyl sites for hydroxylation is 2. The van der Waals surface area contributed by atoms with Gasteiger partial charge < -0.3 is 0 Å². The summed E-state index contributed by atoms with van der Waals surface area (Å²) < 4.78 is 0. The van der Waals surface area contributed by atoms with Crippen molar-refractivity contribution in [2.75, 3.05) is 17.3 Å². The van der Waals surface area contributed by atoms with Crippen LogP contribution in [0.25, 0.3) is 0 Å². The molecule has 16 atom stereocenters. The van der Waals surface area contributed by atoms with Crippen molar-refractivity contribution in [1.29, 1.82) is 0 Å². The van der Waals surface area contributed by atoms with Crippen LogP contribution in [0.3, 0.4) is 0 Å². The van der Waals surface area contributed by atoms with Crippen LogP contribution in [0.2, 0.25) is 0 Å². The molecule has 0 spiro atoms. The predicted octanol–water partition coefficient (Wildman–Crippen LogP) is 18.3. The van der Waals surface area contributed by atoms with E-state index in [0.29, 0.717) is 59.2 Å². The van der Waals surface area contributed by atoms with Crippen LogP contribution in [0, 0.1) is 78.9 Å². The SMILES string of the molecule is CCSc1ccc(C23C4=C5C6C7=C4C(c4ccc(C)cc4)([C@H](C)[C@H](C)C7(c4ccc(SCC)cc4)[C@H](C)[C@H](C)C6(c4ccc(C)cc4)[C@H](C)[C@H](C)C5(c4ccc(SCC)cc4)[C@H](C)[C@@H]2C)[C@@H](C)[C@H]3C)cc1. The number of rotatable bonds is 11. The third-order valence-corrected chi connectivity index (χ3v) is 25.3. The second-order valence-corrected chi connectivity index (χ2v) is 27.9. The van der Waals surface area contributed by atoms with Gasteiger partial charge in [-0.3, -0.25) is 0 Å². The Hall–Kier alpha value is -3.37. The van der Waals surface area contributed by atoms with Crippen molar-refractivity contribution in [3.05, 3.63) is 183 Å². The Morgan fingerprint density at radius 3 is 0.845 bits per heavy atom. The number of thioether (sulfide) groups is 3. The Kier molecular flexibility index (Phi) is 12.4. The minimum Gasteiger partial charge on any atom is -0.126 e. The lowest BCUT2D eigenvalue weighted by Gasteiger charge is -2.72. The molecule has 5 aromatic carbocycles. The number of benzene rings is 5. The minimum atomic E-state index is -0.210. The fraction of sp³-hybridized carbons (Fsp3) is 0.500. The lowest BCUT2D eigenvalue weighted by Crippen LogP contribution is -2.70. The standard InChI is InChI=1S/C68H82S3/c1-16-69-56-33-27-53(28-34-56)66-45(10)41(6)64(51-23-19-39(4)20-24-51)43(8)47(12)67(54-29-35-57(36-30-54)70-17-2)49(14)50(15)68(55-31-37-58(38-32-55)71-18-3)48(13)44(9)65(42(7)46(66)11,52-25-21-40(5)22-26-52)60-61(66)59(64)62(67)63(60)68/h19-38,41-50,59H,16-18H2,1-15H3/t41-,42+,43+,44-,45+,46-,47-,48+,49+,50-,59?,64?,65?,66?,67?,68?/m0/s1. The molecule has 71 heavy (non-hydrogen) atoms. The molecule has 0 nitrogen and oxygen atoms in total. The van der Waals surface area contributed by atoms with E-state index >= 15 is 0 Å². The van der Waals surface area contributed by atoms with Crippen LogP contribution in [0.15, 0.2) is 158 Å². The highest BCUT2D eigenvalue weighted by atomic mass is 32.2. The summed E-state index contributed by atoms with van der Waals surface area (Å²) in [5, 5.41) is 0. The molecule has 5 aromatic rings. The van der Waals surface area contributed by atoms with Gasteiger partial charge in [-0.05, 0) is 177 Å². The van der Waals surface area contributed by atoms with Crippen LogP contribution < -0.4 is 0 Å². The first-order chi connectivity index (χ1) is 34.0. The molecule has 0 N–H and O–H groups in total. The molecule has 11 rings (SSSR count). The highest BCUT2D eigenvalue weighted by Gasteiger charge is 2.82. The quantitative estimate of drug-likeness (QED) is 0.121. The summed E-state index contributed by atoms with van der Waals surface area (Å²) in [6, 6.07) is 51.1. The molecular formula is C68H82S3. The first kappa shape index (κ1) is 49.8. The van der Waals surface area contributed by atoms with Gasteiger partial charge in [0.25, 0.3) is 0 Å². The Labute approximate surface area is 442 Å². The average molecular weight is 996 g/mol. The van der Waals surface area contributed by atoms with Gasteiger partial charge in [0.05, 0.1) is 0 Å². The van der Waals surface area contributed by atoms with Gasteiger partial charge in [0.2, 0.25) is 0 Å². The summed E-state index contributed by atoms with van der Waals surface area (Å²) in [6.07, 6.45) is 0. The molecule has 6 aliphatic carbocycles. The normalized spacial score (nSPS) is 38.7. The lowest BCUT2D eigenvalue weighted by atomic mass is 9.30. The molecule has 3 saturated carbocycles. The summed E-state index contributed by atoms with van der Waals surface area (Å²) in [5.74, 6) is 7.21. The Bertz CT molecular complexity index is 2880. The molecule has 0 amide bonds. The third kappa shape index (κ3) is 5.99.